The zero-order chi connectivity index (χ0) is 14.7. The fourth-order valence-corrected chi connectivity index (χ4v) is 2.94. The molecule has 0 radical (unpaired) electrons. The Hall–Kier alpha value is -1.56. The molecule has 2 unspecified atom stereocenters. The molecule has 1 saturated carbocycles. The minimum Gasteiger partial charge on any atom is -0.461 e. The van der Waals surface area contributed by atoms with Gasteiger partial charge in [-0.2, -0.15) is 0 Å². The highest BCUT2D eigenvalue weighted by molar-refractivity contribution is 5.92. The van der Waals surface area contributed by atoms with E-state index in [9.17, 15) is 4.79 Å². The van der Waals surface area contributed by atoms with Crippen molar-refractivity contribution in [2.75, 3.05) is 19.5 Å². The predicted molar refractivity (Wildman–Crippen MR) is 75.7 cm³/mol. The SMILES string of the molecule is CCOC(=O)c1nc(CC)n(C2CCCC2OC)c1N. The van der Waals surface area contributed by atoms with Crippen molar-refractivity contribution in [3.63, 3.8) is 0 Å². The van der Waals surface area contributed by atoms with E-state index < -0.39 is 5.97 Å². The molecule has 1 aromatic heterocycles. The van der Waals surface area contributed by atoms with Crippen molar-refractivity contribution >= 4 is 11.8 Å². The average molecular weight is 281 g/mol. The summed E-state index contributed by atoms with van der Waals surface area (Å²) in [5.74, 6) is 0.763. The van der Waals surface area contributed by atoms with Crippen LogP contribution in [0.5, 0.6) is 0 Å². The van der Waals surface area contributed by atoms with E-state index in [2.05, 4.69) is 4.98 Å². The number of ether oxygens (including phenoxy) is 2. The summed E-state index contributed by atoms with van der Waals surface area (Å²) in [4.78, 5) is 16.3. The second kappa shape index (κ2) is 6.26. The molecule has 0 saturated heterocycles. The minimum atomic E-state index is -0.453. The third kappa shape index (κ3) is 2.52. The topological polar surface area (TPSA) is 79.4 Å². The molecule has 20 heavy (non-hydrogen) atoms. The maximum absolute atomic E-state index is 11.9. The number of hydrogen-bond acceptors (Lipinski definition) is 5. The van der Waals surface area contributed by atoms with Gasteiger partial charge in [0.05, 0.1) is 18.8 Å². The molecule has 0 amide bonds. The summed E-state index contributed by atoms with van der Waals surface area (Å²) in [5.41, 5.74) is 6.38. The van der Waals surface area contributed by atoms with Crippen molar-refractivity contribution in [2.45, 2.75) is 51.7 Å². The summed E-state index contributed by atoms with van der Waals surface area (Å²) in [7, 11) is 1.72. The number of carbonyl (C=O) groups is 1. The lowest BCUT2D eigenvalue weighted by Gasteiger charge is -2.22. The van der Waals surface area contributed by atoms with Crippen LogP contribution in [-0.2, 0) is 15.9 Å². The maximum atomic E-state index is 11.9. The van der Waals surface area contributed by atoms with Gasteiger partial charge in [-0.15, -0.1) is 0 Å². The van der Waals surface area contributed by atoms with Crippen LogP contribution in [0.4, 0.5) is 5.82 Å². The Labute approximate surface area is 119 Å². The highest BCUT2D eigenvalue weighted by Gasteiger charge is 2.33. The number of esters is 1. The minimum absolute atomic E-state index is 0.131. The van der Waals surface area contributed by atoms with Crippen LogP contribution >= 0.6 is 0 Å². The van der Waals surface area contributed by atoms with Crippen molar-refractivity contribution in [1.29, 1.82) is 0 Å². The van der Waals surface area contributed by atoms with E-state index in [-0.39, 0.29) is 17.8 Å². The van der Waals surface area contributed by atoms with E-state index in [1.165, 1.54) is 0 Å². The highest BCUT2D eigenvalue weighted by atomic mass is 16.5. The van der Waals surface area contributed by atoms with Crippen LogP contribution in [0.25, 0.3) is 0 Å². The van der Waals surface area contributed by atoms with Crippen LogP contribution in [0.2, 0.25) is 0 Å². The van der Waals surface area contributed by atoms with Gasteiger partial charge in [0.25, 0.3) is 0 Å². The van der Waals surface area contributed by atoms with Crippen molar-refractivity contribution in [3.05, 3.63) is 11.5 Å². The molecule has 6 heteroatoms. The normalized spacial score (nSPS) is 22.1. The van der Waals surface area contributed by atoms with E-state index in [4.69, 9.17) is 15.2 Å². The summed E-state index contributed by atoms with van der Waals surface area (Å²) in [6.45, 7) is 4.09. The van der Waals surface area contributed by atoms with E-state index >= 15 is 0 Å². The molecular weight excluding hydrogens is 258 g/mol. The van der Waals surface area contributed by atoms with Crippen LogP contribution in [0.15, 0.2) is 0 Å². The van der Waals surface area contributed by atoms with E-state index in [1.807, 2.05) is 11.5 Å². The number of anilines is 1. The molecular formula is C14H23N3O3. The van der Waals surface area contributed by atoms with E-state index in [0.29, 0.717) is 12.4 Å². The second-order valence-electron chi connectivity index (χ2n) is 4.98. The van der Waals surface area contributed by atoms with Gasteiger partial charge in [-0.1, -0.05) is 6.92 Å². The van der Waals surface area contributed by atoms with Gasteiger partial charge >= 0.3 is 5.97 Å². The van der Waals surface area contributed by atoms with Gasteiger partial charge in [0.1, 0.15) is 11.6 Å². The summed E-state index contributed by atoms with van der Waals surface area (Å²) in [6.07, 6.45) is 3.95. The molecule has 1 fully saturated rings. The third-order valence-electron chi connectivity index (χ3n) is 3.86. The van der Waals surface area contributed by atoms with Gasteiger partial charge < -0.3 is 19.8 Å². The number of imidazole rings is 1. The Morgan fingerprint density at radius 2 is 2.20 bits per heavy atom. The van der Waals surface area contributed by atoms with E-state index in [1.54, 1.807) is 14.0 Å². The zero-order valence-corrected chi connectivity index (χ0v) is 12.4. The number of aromatic nitrogens is 2. The fraction of sp³-hybridized carbons (Fsp3) is 0.714. The number of nitrogens with two attached hydrogens (primary N) is 1. The Morgan fingerprint density at radius 3 is 2.80 bits per heavy atom. The Kier molecular flexibility index (Phi) is 4.65. The fourth-order valence-electron chi connectivity index (χ4n) is 2.94. The Morgan fingerprint density at radius 1 is 1.45 bits per heavy atom. The third-order valence-corrected chi connectivity index (χ3v) is 3.86. The van der Waals surface area contributed by atoms with Crippen LogP contribution in [-0.4, -0.2) is 35.3 Å². The van der Waals surface area contributed by atoms with Gasteiger partial charge in [-0.3, -0.25) is 0 Å². The summed E-state index contributed by atoms with van der Waals surface area (Å²) in [5, 5.41) is 0. The van der Waals surface area contributed by atoms with E-state index in [0.717, 1.165) is 31.5 Å². The monoisotopic (exact) mass is 281 g/mol. The first kappa shape index (κ1) is 14.8. The summed E-state index contributed by atoms with van der Waals surface area (Å²) in [6, 6.07) is 0.158. The predicted octanol–water partition coefficient (Wildman–Crippen LogP) is 1.94. The van der Waals surface area contributed by atoms with Crippen LogP contribution in [0.1, 0.15) is 55.5 Å². The molecule has 6 nitrogen and oxygen atoms in total. The summed E-state index contributed by atoms with van der Waals surface area (Å²) >= 11 is 0. The molecule has 1 heterocycles. The highest BCUT2D eigenvalue weighted by Crippen LogP contribution is 2.36. The number of rotatable bonds is 5. The smallest absolute Gasteiger partial charge is 0.360 e. The van der Waals surface area contributed by atoms with Crippen LogP contribution in [0, 0.1) is 0 Å². The molecule has 0 spiro atoms. The zero-order valence-electron chi connectivity index (χ0n) is 12.4. The molecule has 1 aliphatic carbocycles. The quantitative estimate of drug-likeness (QED) is 0.834. The average Bonchev–Trinajstić information content (AvgIpc) is 3.02. The molecule has 112 valence electrons. The lowest BCUT2D eigenvalue weighted by molar-refractivity contribution is 0.0520. The molecule has 0 aliphatic heterocycles. The number of methoxy groups -OCH3 is 1. The first-order valence-electron chi connectivity index (χ1n) is 7.20. The molecule has 0 aromatic carbocycles. The van der Waals surface area contributed by atoms with Crippen LogP contribution in [0.3, 0.4) is 0 Å². The van der Waals surface area contributed by atoms with Crippen molar-refractivity contribution < 1.29 is 14.3 Å². The molecule has 2 N–H and O–H groups in total. The number of nitrogens with zero attached hydrogens (tertiary/aromatic N) is 2. The van der Waals surface area contributed by atoms with Gasteiger partial charge in [0.15, 0.2) is 5.69 Å². The molecule has 2 rings (SSSR count). The number of carbonyl (C=O) groups excluding carboxylic acids is 1. The number of nitrogen functional groups attached to an aromatic ring is 1. The van der Waals surface area contributed by atoms with Gasteiger partial charge in [-0.25, -0.2) is 9.78 Å². The Balaban J connectivity index is 2.39. The second-order valence-corrected chi connectivity index (χ2v) is 4.98. The van der Waals surface area contributed by atoms with Crippen molar-refractivity contribution in [1.82, 2.24) is 9.55 Å². The lowest BCUT2D eigenvalue weighted by atomic mass is 10.2. The largest absolute Gasteiger partial charge is 0.461 e. The van der Waals surface area contributed by atoms with Gasteiger partial charge in [0.2, 0.25) is 0 Å². The lowest BCUT2D eigenvalue weighted by Crippen LogP contribution is -2.23. The first-order chi connectivity index (χ1) is 9.63. The maximum Gasteiger partial charge on any atom is 0.360 e. The van der Waals surface area contributed by atoms with Crippen LogP contribution < -0.4 is 5.73 Å². The summed E-state index contributed by atoms with van der Waals surface area (Å²) < 4.78 is 12.5. The molecule has 0 bridgehead atoms. The van der Waals surface area contributed by atoms with Crippen molar-refractivity contribution in [2.24, 2.45) is 0 Å². The molecule has 1 aliphatic rings. The van der Waals surface area contributed by atoms with Gasteiger partial charge in [0, 0.05) is 13.5 Å². The Bertz CT molecular complexity index is 484. The standard InChI is InChI=1S/C14H23N3O3/c1-4-11-16-12(14(18)20-5-2)13(15)17(11)9-7-6-8-10(9)19-3/h9-10H,4-8,15H2,1-3H3. The van der Waals surface area contributed by atoms with Gasteiger partial charge in [-0.05, 0) is 26.2 Å². The first-order valence-corrected chi connectivity index (χ1v) is 7.20. The molecule has 2 atom stereocenters. The number of aryl methyl sites for hydroxylation is 1. The molecule has 1 aromatic rings. The number of hydrogen-bond donors (Lipinski definition) is 1. The van der Waals surface area contributed by atoms with Crippen molar-refractivity contribution in [3.8, 4) is 0 Å².